The van der Waals surface area contributed by atoms with Crippen molar-refractivity contribution in [2.45, 2.75) is 13.0 Å². The van der Waals surface area contributed by atoms with Crippen LogP contribution >= 0.6 is 0 Å². The van der Waals surface area contributed by atoms with Gasteiger partial charge >= 0.3 is 0 Å². The molecule has 0 bridgehead atoms. The Morgan fingerprint density at radius 1 is 1.21 bits per heavy atom. The van der Waals surface area contributed by atoms with Gasteiger partial charge in [-0.2, -0.15) is 0 Å². The summed E-state index contributed by atoms with van der Waals surface area (Å²) in [6, 6.07) is 8.98. The lowest BCUT2D eigenvalue weighted by molar-refractivity contribution is -0.117. The van der Waals surface area contributed by atoms with E-state index < -0.39 is 29.3 Å². The molecule has 7 nitrogen and oxygen atoms in total. The molecule has 2 aromatic heterocycles. The third-order valence-corrected chi connectivity index (χ3v) is 4.43. The van der Waals surface area contributed by atoms with Crippen molar-refractivity contribution >= 4 is 17.5 Å². The smallest absolute Gasteiger partial charge is 0.295 e. The Hall–Kier alpha value is -3.81. The average molecular weight is 379 g/mol. The molecule has 0 fully saturated rings. The molecule has 0 saturated heterocycles. The topological polar surface area (TPSA) is 96.5 Å². The zero-order valence-corrected chi connectivity index (χ0v) is 14.7. The van der Waals surface area contributed by atoms with Gasteiger partial charge in [0.1, 0.15) is 23.7 Å². The molecule has 8 heteroatoms. The van der Waals surface area contributed by atoms with Gasteiger partial charge in [-0.3, -0.25) is 14.5 Å². The number of ketones is 1. The number of carbonyl (C=O) groups excluding carboxylic acids is 2. The van der Waals surface area contributed by atoms with Crippen molar-refractivity contribution in [2.24, 2.45) is 0 Å². The number of Topliss-reactive ketones (excluding diaryl/α,β-unsaturated/α-hetero) is 1. The maximum Gasteiger partial charge on any atom is 0.295 e. The maximum atomic E-state index is 14.6. The van der Waals surface area contributed by atoms with Crippen molar-refractivity contribution in [2.75, 3.05) is 4.90 Å². The van der Waals surface area contributed by atoms with E-state index in [-0.39, 0.29) is 22.7 Å². The predicted octanol–water partition coefficient (Wildman–Crippen LogP) is 3.30. The van der Waals surface area contributed by atoms with Gasteiger partial charge in [0.25, 0.3) is 5.91 Å². The second-order valence-electron chi connectivity index (χ2n) is 6.17. The molecule has 0 spiro atoms. The van der Waals surface area contributed by atoms with Crippen molar-refractivity contribution in [3.63, 3.8) is 0 Å². The van der Waals surface area contributed by atoms with Crippen molar-refractivity contribution < 1.29 is 23.5 Å². The zero-order valence-electron chi connectivity index (χ0n) is 14.7. The Kier molecular flexibility index (Phi) is 4.23. The number of hydrogen-bond donors (Lipinski definition) is 1. The fourth-order valence-electron chi connectivity index (χ4n) is 3.18. The third-order valence-electron chi connectivity index (χ3n) is 4.43. The Labute approximate surface area is 158 Å². The summed E-state index contributed by atoms with van der Waals surface area (Å²) in [6.07, 6.45) is 2.62. The number of amides is 1. The zero-order chi connectivity index (χ0) is 19.8. The van der Waals surface area contributed by atoms with Crippen LogP contribution in [0, 0.1) is 12.7 Å². The quantitative estimate of drug-likeness (QED) is 0.699. The van der Waals surface area contributed by atoms with E-state index in [1.807, 2.05) is 0 Å². The summed E-state index contributed by atoms with van der Waals surface area (Å²) in [4.78, 5) is 34.7. The number of aryl methyl sites for hydroxylation is 1. The standard InChI is InChI=1S/C20H14FN3O4/c1-11-6-7-14(28-11)18(25)16-17(12-4-2-3-5-13(12)21)24(20(27)19(16)26)15-8-9-22-10-23-15/h2-10,17,26H,1H3. The first-order valence-corrected chi connectivity index (χ1v) is 8.37. The van der Waals surface area contributed by atoms with E-state index in [4.69, 9.17) is 4.42 Å². The Bertz CT molecular complexity index is 1110. The highest BCUT2D eigenvalue weighted by Crippen LogP contribution is 2.41. The second-order valence-corrected chi connectivity index (χ2v) is 6.17. The minimum Gasteiger partial charge on any atom is -0.503 e. The van der Waals surface area contributed by atoms with Gasteiger partial charge in [-0.1, -0.05) is 18.2 Å². The van der Waals surface area contributed by atoms with Gasteiger partial charge in [-0.25, -0.2) is 14.4 Å². The van der Waals surface area contributed by atoms with Crippen LogP contribution in [0.2, 0.25) is 0 Å². The number of rotatable bonds is 4. The highest BCUT2D eigenvalue weighted by atomic mass is 19.1. The molecule has 1 amide bonds. The number of carbonyl (C=O) groups is 2. The van der Waals surface area contributed by atoms with Crippen LogP contribution in [0.4, 0.5) is 10.2 Å². The highest BCUT2D eigenvalue weighted by molar-refractivity contribution is 6.19. The van der Waals surface area contributed by atoms with E-state index in [1.165, 1.54) is 42.9 Å². The molecule has 1 unspecified atom stereocenters. The van der Waals surface area contributed by atoms with E-state index in [2.05, 4.69) is 9.97 Å². The maximum absolute atomic E-state index is 14.6. The van der Waals surface area contributed by atoms with Gasteiger partial charge in [0.2, 0.25) is 5.78 Å². The molecule has 0 aliphatic carbocycles. The van der Waals surface area contributed by atoms with E-state index >= 15 is 0 Å². The Morgan fingerprint density at radius 2 is 2.00 bits per heavy atom. The second kappa shape index (κ2) is 6.73. The van der Waals surface area contributed by atoms with Crippen molar-refractivity contribution in [1.29, 1.82) is 0 Å². The fourth-order valence-corrected chi connectivity index (χ4v) is 3.18. The molecule has 3 heterocycles. The molecule has 28 heavy (non-hydrogen) atoms. The van der Waals surface area contributed by atoms with Crippen LogP contribution < -0.4 is 4.90 Å². The van der Waals surface area contributed by atoms with Crippen LogP contribution in [-0.4, -0.2) is 26.8 Å². The van der Waals surface area contributed by atoms with E-state index in [0.29, 0.717) is 5.76 Å². The molecule has 0 saturated carbocycles. The summed E-state index contributed by atoms with van der Waals surface area (Å²) in [5.41, 5.74) is -0.229. The minimum atomic E-state index is -1.21. The van der Waals surface area contributed by atoms with Crippen LogP contribution in [0.3, 0.4) is 0 Å². The van der Waals surface area contributed by atoms with Crippen LogP contribution in [-0.2, 0) is 4.79 Å². The van der Waals surface area contributed by atoms with Crippen molar-refractivity contribution in [1.82, 2.24) is 9.97 Å². The lowest BCUT2D eigenvalue weighted by Gasteiger charge is -2.25. The average Bonchev–Trinajstić information content (AvgIpc) is 3.24. The van der Waals surface area contributed by atoms with E-state index in [9.17, 15) is 19.1 Å². The number of aliphatic hydroxyl groups is 1. The monoisotopic (exact) mass is 379 g/mol. The number of hydrogen-bond acceptors (Lipinski definition) is 6. The van der Waals surface area contributed by atoms with E-state index in [0.717, 1.165) is 4.90 Å². The largest absolute Gasteiger partial charge is 0.503 e. The molecule has 4 rings (SSSR count). The molecule has 1 aliphatic rings. The number of aliphatic hydroxyl groups excluding tert-OH is 1. The van der Waals surface area contributed by atoms with Gasteiger partial charge in [-0.05, 0) is 31.2 Å². The van der Waals surface area contributed by atoms with Gasteiger partial charge in [0.15, 0.2) is 11.5 Å². The summed E-state index contributed by atoms with van der Waals surface area (Å²) in [5.74, 6) is -2.41. The summed E-state index contributed by atoms with van der Waals surface area (Å²) in [7, 11) is 0. The molecule has 1 N–H and O–H groups in total. The molecule has 0 radical (unpaired) electrons. The molecule has 140 valence electrons. The van der Waals surface area contributed by atoms with Gasteiger partial charge in [0.05, 0.1) is 11.6 Å². The fraction of sp³-hybridized carbons (Fsp3) is 0.100. The van der Waals surface area contributed by atoms with Gasteiger partial charge in [-0.15, -0.1) is 0 Å². The van der Waals surface area contributed by atoms with E-state index in [1.54, 1.807) is 19.1 Å². The number of anilines is 1. The van der Waals surface area contributed by atoms with Gasteiger partial charge < -0.3 is 9.52 Å². The van der Waals surface area contributed by atoms with Crippen molar-refractivity contribution in [3.8, 4) is 0 Å². The highest BCUT2D eigenvalue weighted by Gasteiger charge is 2.46. The van der Waals surface area contributed by atoms with Crippen molar-refractivity contribution in [3.05, 3.63) is 89.2 Å². The third kappa shape index (κ3) is 2.75. The first-order valence-electron chi connectivity index (χ1n) is 8.37. The van der Waals surface area contributed by atoms with Gasteiger partial charge in [0, 0.05) is 11.8 Å². The van der Waals surface area contributed by atoms with Crippen LogP contribution in [0.5, 0.6) is 0 Å². The normalized spacial score (nSPS) is 16.7. The summed E-state index contributed by atoms with van der Waals surface area (Å²) in [5, 5.41) is 10.5. The Balaban J connectivity index is 1.91. The predicted molar refractivity (Wildman–Crippen MR) is 96.1 cm³/mol. The molecule has 1 aromatic carbocycles. The molecular weight excluding hydrogens is 365 g/mol. The lowest BCUT2D eigenvalue weighted by atomic mass is 9.94. The lowest BCUT2D eigenvalue weighted by Crippen LogP contribution is -2.32. The molecule has 1 aliphatic heterocycles. The number of furan rings is 1. The number of halogens is 1. The van der Waals surface area contributed by atoms with Crippen LogP contribution in [0.1, 0.15) is 27.9 Å². The SMILES string of the molecule is Cc1ccc(C(=O)C2=C(O)C(=O)N(c3ccncn3)C2c2ccccc2F)o1. The minimum absolute atomic E-state index is 0.0464. The summed E-state index contributed by atoms with van der Waals surface area (Å²) < 4.78 is 20.0. The number of benzene rings is 1. The first kappa shape index (κ1) is 17.6. The summed E-state index contributed by atoms with van der Waals surface area (Å²) in [6.45, 7) is 1.66. The van der Waals surface area contributed by atoms with Crippen LogP contribution in [0.25, 0.3) is 0 Å². The van der Waals surface area contributed by atoms with Crippen LogP contribution in [0.15, 0.2) is 70.7 Å². The molecular formula is C20H14FN3O4. The number of aromatic nitrogens is 2. The number of nitrogens with zero attached hydrogens (tertiary/aromatic N) is 3. The summed E-state index contributed by atoms with van der Waals surface area (Å²) >= 11 is 0. The Morgan fingerprint density at radius 3 is 2.64 bits per heavy atom. The molecule has 1 atom stereocenters. The molecule has 3 aromatic rings. The first-order chi connectivity index (χ1) is 13.5.